The number of nitrogens with one attached hydrogen (secondary N) is 1. The van der Waals surface area contributed by atoms with Crippen LogP contribution in [0, 0.1) is 17.2 Å². The van der Waals surface area contributed by atoms with E-state index in [0.29, 0.717) is 26.7 Å². The SMILES string of the molecule is COc1cc(NC(=O)C(C#N)C=Nc2ccc(OC)c(Br)c2)c(Cl)cc1Cl. The molecule has 2 aromatic rings. The molecule has 1 N–H and O–H groups in total. The normalized spacial score (nSPS) is 11.7. The molecule has 0 aromatic heterocycles. The molecule has 2 rings (SSSR count). The van der Waals surface area contributed by atoms with Crippen LogP contribution in [-0.2, 0) is 4.79 Å². The molecule has 1 amide bonds. The zero-order valence-electron chi connectivity index (χ0n) is 14.3. The van der Waals surface area contributed by atoms with Crippen molar-refractivity contribution in [3.63, 3.8) is 0 Å². The number of methoxy groups -OCH3 is 2. The number of amides is 1. The number of halogens is 3. The molecule has 0 bridgehead atoms. The summed E-state index contributed by atoms with van der Waals surface area (Å²) in [4.78, 5) is 16.6. The summed E-state index contributed by atoms with van der Waals surface area (Å²) in [7, 11) is 2.99. The first-order valence-corrected chi connectivity index (χ1v) is 9.05. The fraction of sp³-hybridized carbons (Fsp3) is 0.167. The van der Waals surface area contributed by atoms with E-state index in [0.717, 1.165) is 0 Å². The maximum absolute atomic E-state index is 12.4. The van der Waals surface area contributed by atoms with Crippen molar-refractivity contribution in [1.29, 1.82) is 5.26 Å². The molecule has 1 unspecified atom stereocenters. The zero-order valence-corrected chi connectivity index (χ0v) is 17.4. The highest BCUT2D eigenvalue weighted by atomic mass is 79.9. The number of nitriles is 1. The van der Waals surface area contributed by atoms with Crippen molar-refractivity contribution in [1.82, 2.24) is 0 Å². The summed E-state index contributed by atoms with van der Waals surface area (Å²) in [6, 6.07) is 9.95. The third-order valence-electron chi connectivity index (χ3n) is 3.43. The molecule has 1 atom stereocenters. The smallest absolute Gasteiger partial charge is 0.247 e. The Bertz CT molecular complexity index is 929. The Morgan fingerprint density at radius 1 is 1.22 bits per heavy atom. The van der Waals surface area contributed by atoms with Crippen LogP contribution in [0.4, 0.5) is 11.4 Å². The summed E-state index contributed by atoms with van der Waals surface area (Å²) in [5.41, 5.74) is 0.839. The molecular formula is C18H14BrCl2N3O3. The van der Waals surface area contributed by atoms with Gasteiger partial charge < -0.3 is 14.8 Å². The van der Waals surface area contributed by atoms with Gasteiger partial charge in [-0.15, -0.1) is 0 Å². The predicted molar refractivity (Wildman–Crippen MR) is 110 cm³/mol. The molecule has 27 heavy (non-hydrogen) atoms. The van der Waals surface area contributed by atoms with Gasteiger partial charge in [-0.05, 0) is 40.2 Å². The van der Waals surface area contributed by atoms with Crippen LogP contribution in [-0.4, -0.2) is 26.3 Å². The monoisotopic (exact) mass is 469 g/mol. The second kappa shape index (κ2) is 9.60. The molecule has 0 aliphatic heterocycles. The number of hydrogen-bond donors (Lipinski definition) is 1. The zero-order chi connectivity index (χ0) is 20.0. The number of ether oxygens (including phenoxy) is 2. The molecule has 0 heterocycles. The first kappa shape index (κ1) is 21.0. The van der Waals surface area contributed by atoms with Crippen LogP contribution in [0.3, 0.4) is 0 Å². The Hall–Kier alpha value is -2.27. The predicted octanol–water partition coefficient (Wildman–Crippen LogP) is 5.25. The van der Waals surface area contributed by atoms with Gasteiger partial charge in [-0.3, -0.25) is 9.79 Å². The number of rotatable bonds is 6. The van der Waals surface area contributed by atoms with Gasteiger partial charge in [0.15, 0.2) is 5.92 Å². The van der Waals surface area contributed by atoms with Crippen LogP contribution in [0.1, 0.15) is 0 Å². The summed E-state index contributed by atoms with van der Waals surface area (Å²) < 4.78 is 10.9. The van der Waals surface area contributed by atoms with E-state index in [1.807, 2.05) is 6.07 Å². The number of anilines is 1. The van der Waals surface area contributed by atoms with Crippen LogP contribution >= 0.6 is 39.1 Å². The number of nitrogens with zero attached hydrogens (tertiary/aromatic N) is 2. The van der Waals surface area contributed by atoms with E-state index < -0.39 is 11.8 Å². The third-order valence-corrected chi connectivity index (χ3v) is 4.66. The fourth-order valence-electron chi connectivity index (χ4n) is 2.05. The molecule has 0 aliphatic rings. The molecular weight excluding hydrogens is 457 g/mol. The third kappa shape index (κ3) is 5.36. The van der Waals surface area contributed by atoms with E-state index in [1.165, 1.54) is 25.5 Å². The Morgan fingerprint density at radius 2 is 1.93 bits per heavy atom. The lowest BCUT2D eigenvalue weighted by atomic mass is 10.1. The molecule has 0 saturated heterocycles. The second-order valence-electron chi connectivity index (χ2n) is 5.16. The van der Waals surface area contributed by atoms with Crippen molar-refractivity contribution >= 4 is 62.6 Å². The minimum atomic E-state index is -1.12. The Balaban J connectivity index is 2.17. The number of carbonyl (C=O) groups is 1. The van der Waals surface area contributed by atoms with Gasteiger partial charge in [-0.2, -0.15) is 5.26 Å². The highest BCUT2D eigenvalue weighted by molar-refractivity contribution is 9.10. The van der Waals surface area contributed by atoms with Crippen LogP contribution in [0.5, 0.6) is 11.5 Å². The summed E-state index contributed by atoms with van der Waals surface area (Å²) in [6.07, 6.45) is 1.25. The Labute approximate surface area is 174 Å². The maximum Gasteiger partial charge on any atom is 0.247 e. The standard InChI is InChI=1S/C18H14BrCl2N3O3/c1-26-16-4-3-11(5-12(16)19)23-9-10(8-22)18(25)24-15-7-17(27-2)14(21)6-13(15)20/h3-7,9-10H,1-2H3,(H,24,25). The van der Waals surface area contributed by atoms with Gasteiger partial charge in [-0.25, -0.2) is 0 Å². The summed E-state index contributed by atoms with van der Waals surface area (Å²) >= 11 is 15.4. The maximum atomic E-state index is 12.4. The Kier molecular flexibility index (Phi) is 7.48. The highest BCUT2D eigenvalue weighted by Crippen LogP contribution is 2.34. The molecule has 0 aliphatic carbocycles. The summed E-state index contributed by atoms with van der Waals surface area (Å²) in [6.45, 7) is 0. The molecule has 0 fully saturated rings. The van der Waals surface area contributed by atoms with Crippen molar-refractivity contribution in [3.8, 4) is 17.6 Å². The highest BCUT2D eigenvalue weighted by Gasteiger charge is 2.18. The van der Waals surface area contributed by atoms with E-state index in [1.54, 1.807) is 25.3 Å². The Morgan fingerprint density at radius 3 is 2.52 bits per heavy atom. The summed E-state index contributed by atoms with van der Waals surface area (Å²) in [5, 5.41) is 12.4. The topological polar surface area (TPSA) is 83.7 Å². The lowest BCUT2D eigenvalue weighted by molar-refractivity contribution is -0.116. The number of aliphatic imine (C=N–C) groups is 1. The second-order valence-corrected chi connectivity index (χ2v) is 6.83. The van der Waals surface area contributed by atoms with E-state index in [4.69, 9.17) is 32.7 Å². The number of benzene rings is 2. The quantitative estimate of drug-likeness (QED) is 0.584. The molecule has 0 spiro atoms. The van der Waals surface area contributed by atoms with Crippen LogP contribution in [0.15, 0.2) is 39.8 Å². The molecule has 2 aromatic carbocycles. The van der Waals surface area contributed by atoms with E-state index in [2.05, 4.69) is 26.2 Å². The molecule has 140 valence electrons. The number of hydrogen-bond acceptors (Lipinski definition) is 5. The fourth-order valence-corrected chi connectivity index (χ4v) is 3.08. The first-order chi connectivity index (χ1) is 12.9. The van der Waals surface area contributed by atoms with Gasteiger partial charge >= 0.3 is 0 Å². The van der Waals surface area contributed by atoms with Gasteiger partial charge in [0.05, 0.1) is 46.2 Å². The van der Waals surface area contributed by atoms with E-state index >= 15 is 0 Å². The molecule has 0 radical (unpaired) electrons. The van der Waals surface area contributed by atoms with Crippen LogP contribution in [0.25, 0.3) is 0 Å². The van der Waals surface area contributed by atoms with Gasteiger partial charge in [0.25, 0.3) is 0 Å². The van der Waals surface area contributed by atoms with E-state index in [9.17, 15) is 10.1 Å². The van der Waals surface area contributed by atoms with Crippen LogP contribution in [0.2, 0.25) is 10.0 Å². The molecule has 9 heteroatoms. The van der Waals surface area contributed by atoms with Crippen molar-refractivity contribution in [2.75, 3.05) is 19.5 Å². The largest absolute Gasteiger partial charge is 0.496 e. The molecule has 0 saturated carbocycles. The lowest BCUT2D eigenvalue weighted by Crippen LogP contribution is -2.22. The minimum Gasteiger partial charge on any atom is -0.496 e. The van der Waals surface area contributed by atoms with Crippen molar-refractivity contribution in [2.45, 2.75) is 0 Å². The van der Waals surface area contributed by atoms with Crippen molar-refractivity contribution in [2.24, 2.45) is 10.9 Å². The van der Waals surface area contributed by atoms with Gasteiger partial charge in [0.2, 0.25) is 5.91 Å². The average Bonchev–Trinajstić information content (AvgIpc) is 2.64. The average molecular weight is 471 g/mol. The van der Waals surface area contributed by atoms with Crippen molar-refractivity contribution < 1.29 is 14.3 Å². The van der Waals surface area contributed by atoms with Crippen molar-refractivity contribution in [3.05, 3.63) is 44.8 Å². The van der Waals surface area contributed by atoms with Crippen LogP contribution < -0.4 is 14.8 Å². The summed E-state index contributed by atoms with van der Waals surface area (Å²) in [5.74, 6) is -0.708. The van der Waals surface area contributed by atoms with Gasteiger partial charge in [-0.1, -0.05) is 23.2 Å². The van der Waals surface area contributed by atoms with E-state index in [-0.39, 0.29) is 10.7 Å². The first-order valence-electron chi connectivity index (χ1n) is 7.50. The minimum absolute atomic E-state index is 0.224. The number of carbonyl (C=O) groups excluding carboxylic acids is 1. The van der Waals surface area contributed by atoms with Gasteiger partial charge in [0.1, 0.15) is 11.5 Å². The van der Waals surface area contributed by atoms with Gasteiger partial charge in [0, 0.05) is 12.3 Å². The lowest BCUT2D eigenvalue weighted by Gasteiger charge is -2.11. The molecule has 6 nitrogen and oxygen atoms in total.